The maximum Gasteiger partial charge on any atom is 0.591 e. The molecule has 1 radical (unpaired) electrons. The number of rotatable bonds is 1. The molecule has 3 nitrogen and oxygen atoms in total. The van der Waals surface area contributed by atoms with Crippen molar-refractivity contribution >= 4 is 0 Å². The van der Waals surface area contributed by atoms with E-state index in [1.165, 1.54) is 0 Å². The number of alkyl halides is 3. The Labute approximate surface area is 54.0 Å². The predicted octanol–water partition coefficient (Wildman–Crippen LogP) is 0.632. The molecule has 0 N–H and O–H groups in total. The highest BCUT2D eigenvalue weighted by molar-refractivity contribution is 4.67. The van der Waals surface area contributed by atoms with Crippen LogP contribution >= 0.6 is 0 Å². The number of hydrogen-bond acceptors (Lipinski definition) is 2. The van der Waals surface area contributed by atoms with Crippen molar-refractivity contribution in [3.05, 3.63) is 18.7 Å². The quantitative estimate of drug-likeness (QED) is 0.588. The van der Waals surface area contributed by atoms with Crippen molar-refractivity contribution < 1.29 is 18.0 Å². The Bertz CT molecular complexity index is 193. The lowest BCUT2D eigenvalue weighted by atomic mass is 11.0. The van der Waals surface area contributed by atoms with E-state index in [9.17, 15) is 13.2 Å². The van der Waals surface area contributed by atoms with Crippen molar-refractivity contribution in [3.8, 4) is 0 Å². The van der Waals surface area contributed by atoms with E-state index in [2.05, 4.69) is 9.82 Å². The fourth-order valence-electron chi connectivity index (χ4n) is 0.380. The smallest absolute Gasteiger partial charge is 0.311 e. The number of imidazole rings is 1. The highest BCUT2D eigenvalue weighted by atomic mass is 19.4. The second-order valence-electron chi connectivity index (χ2n) is 1.39. The van der Waals surface area contributed by atoms with E-state index < -0.39 is 6.36 Å². The van der Waals surface area contributed by atoms with Crippen LogP contribution in [0.5, 0.6) is 0 Å². The topological polar surface area (TPSA) is 27.1 Å². The molecule has 1 aromatic rings. The standard InChI is InChI=1S/C4H2F3N2O/c5-4(6,7)10-9-2-1-8-3-9/h1-2H. The van der Waals surface area contributed by atoms with Crippen LogP contribution in [0.3, 0.4) is 0 Å². The van der Waals surface area contributed by atoms with Gasteiger partial charge in [-0.2, -0.15) is 4.73 Å². The van der Waals surface area contributed by atoms with Gasteiger partial charge >= 0.3 is 6.36 Å². The molecule has 0 saturated carbocycles. The molecular formula is C4H2F3N2O. The highest BCUT2D eigenvalue weighted by Gasteiger charge is 2.31. The monoisotopic (exact) mass is 151 g/mol. The SMILES string of the molecule is FC(F)(F)On1[c]ncc1. The molecular weight excluding hydrogens is 149 g/mol. The van der Waals surface area contributed by atoms with Gasteiger partial charge < -0.3 is 4.84 Å². The van der Waals surface area contributed by atoms with Gasteiger partial charge in [-0.25, -0.2) is 4.98 Å². The Morgan fingerprint density at radius 1 is 1.50 bits per heavy atom. The van der Waals surface area contributed by atoms with Gasteiger partial charge in [0, 0.05) is 6.20 Å². The Balaban J connectivity index is 2.57. The lowest BCUT2D eigenvalue weighted by Gasteiger charge is -2.05. The molecule has 0 spiro atoms. The van der Waals surface area contributed by atoms with Gasteiger partial charge in [-0.3, -0.25) is 0 Å². The molecule has 0 aliphatic carbocycles. The minimum atomic E-state index is -4.68. The molecule has 6 heteroatoms. The van der Waals surface area contributed by atoms with Crippen LogP contribution < -0.4 is 4.84 Å². The molecule has 55 valence electrons. The van der Waals surface area contributed by atoms with Crippen molar-refractivity contribution in [3.63, 3.8) is 0 Å². The summed E-state index contributed by atoms with van der Waals surface area (Å²) in [6.45, 7) is 0. The number of hydrogen-bond donors (Lipinski definition) is 0. The van der Waals surface area contributed by atoms with Gasteiger partial charge in [-0.15, -0.1) is 13.2 Å². The third kappa shape index (κ3) is 1.96. The molecule has 0 aromatic carbocycles. The molecule has 0 unspecified atom stereocenters. The lowest BCUT2D eigenvalue weighted by Crippen LogP contribution is -2.26. The molecule has 0 amide bonds. The fourth-order valence-corrected chi connectivity index (χ4v) is 0.380. The maximum atomic E-state index is 11.3. The van der Waals surface area contributed by atoms with Crippen molar-refractivity contribution in [1.82, 2.24) is 9.71 Å². The Kier molecular flexibility index (Phi) is 1.52. The first kappa shape index (κ1) is 6.91. The minimum Gasteiger partial charge on any atom is -0.311 e. The molecule has 0 aliphatic rings. The zero-order valence-corrected chi connectivity index (χ0v) is 4.59. The number of nitrogens with zero attached hydrogens (tertiary/aromatic N) is 2. The lowest BCUT2D eigenvalue weighted by molar-refractivity contribution is -0.323. The van der Waals surface area contributed by atoms with E-state index in [0.29, 0.717) is 4.73 Å². The molecule has 0 saturated heterocycles. The van der Waals surface area contributed by atoms with Crippen molar-refractivity contribution in [2.45, 2.75) is 6.36 Å². The Morgan fingerprint density at radius 3 is 2.60 bits per heavy atom. The second kappa shape index (κ2) is 2.20. The summed E-state index contributed by atoms with van der Waals surface area (Å²) in [6, 6.07) is 0. The molecule has 0 aliphatic heterocycles. The molecule has 0 bridgehead atoms. The zero-order valence-electron chi connectivity index (χ0n) is 4.59. The van der Waals surface area contributed by atoms with Crippen LogP contribution in [0.4, 0.5) is 13.2 Å². The Hall–Kier alpha value is -1.20. The van der Waals surface area contributed by atoms with Crippen molar-refractivity contribution in [1.29, 1.82) is 0 Å². The zero-order chi connectivity index (χ0) is 7.61. The van der Waals surface area contributed by atoms with E-state index in [-0.39, 0.29) is 0 Å². The summed E-state index contributed by atoms with van der Waals surface area (Å²) in [7, 11) is 0. The number of halogens is 3. The summed E-state index contributed by atoms with van der Waals surface area (Å²) < 4.78 is 34.3. The molecule has 1 rings (SSSR count). The first-order valence-corrected chi connectivity index (χ1v) is 2.25. The van der Waals surface area contributed by atoms with E-state index in [1.807, 2.05) is 6.33 Å². The van der Waals surface area contributed by atoms with Crippen molar-refractivity contribution in [2.24, 2.45) is 0 Å². The minimum absolute atomic E-state index is 0.347. The van der Waals surface area contributed by atoms with Crippen LogP contribution in [-0.2, 0) is 0 Å². The first-order valence-electron chi connectivity index (χ1n) is 2.25. The molecule has 1 aromatic heterocycles. The summed E-state index contributed by atoms with van der Waals surface area (Å²) in [4.78, 5) is 6.56. The van der Waals surface area contributed by atoms with Crippen molar-refractivity contribution in [2.75, 3.05) is 0 Å². The average molecular weight is 151 g/mol. The van der Waals surface area contributed by atoms with E-state index in [1.54, 1.807) is 0 Å². The van der Waals surface area contributed by atoms with Crippen LogP contribution in [-0.4, -0.2) is 16.1 Å². The van der Waals surface area contributed by atoms with Gasteiger partial charge in [0.15, 0.2) is 0 Å². The van der Waals surface area contributed by atoms with Crippen LogP contribution in [0.1, 0.15) is 0 Å². The van der Waals surface area contributed by atoms with Gasteiger partial charge in [0.05, 0.1) is 6.20 Å². The third-order valence-electron chi connectivity index (χ3n) is 0.635. The second-order valence-corrected chi connectivity index (χ2v) is 1.39. The Morgan fingerprint density at radius 2 is 2.20 bits per heavy atom. The molecule has 1 heterocycles. The van der Waals surface area contributed by atoms with Crippen LogP contribution in [0, 0.1) is 6.33 Å². The first-order chi connectivity index (χ1) is 4.58. The predicted molar refractivity (Wildman–Crippen MR) is 23.7 cm³/mol. The van der Waals surface area contributed by atoms with E-state index in [0.717, 1.165) is 12.4 Å². The van der Waals surface area contributed by atoms with Gasteiger partial charge in [0.25, 0.3) is 0 Å². The van der Waals surface area contributed by atoms with Gasteiger partial charge in [-0.05, 0) is 0 Å². The fraction of sp³-hybridized carbons (Fsp3) is 0.250. The molecule has 0 atom stereocenters. The largest absolute Gasteiger partial charge is 0.591 e. The van der Waals surface area contributed by atoms with Crippen LogP contribution in [0.2, 0.25) is 0 Å². The molecule has 0 fully saturated rings. The average Bonchev–Trinajstić information content (AvgIpc) is 2.12. The van der Waals surface area contributed by atoms with Gasteiger partial charge in [0.1, 0.15) is 0 Å². The molecule has 10 heavy (non-hydrogen) atoms. The summed E-state index contributed by atoms with van der Waals surface area (Å²) in [5, 5.41) is 0. The van der Waals surface area contributed by atoms with E-state index in [4.69, 9.17) is 0 Å². The normalized spacial score (nSPS) is 11.5. The summed E-state index contributed by atoms with van der Waals surface area (Å²) in [5.41, 5.74) is 0. The van der Waals surface area contributed by atoms with E-state index >= 15 is 0 Å². The highest BCUT2D eigenvalue weighted by Crippen LogP contribution is 2.11. The van der Waals surface area contributed by atoms with Crippen LogP contribution in [0.15, 0.2) is 12.4 Å². The summed E-state index contributed by atoms with van der Waals surface area (Å²) >= 11 is 0. The number of aromatic nitrogens is 2. The maximum absolute atomic E-state index is 11.3. The van der Waals surface area contributed by atoms with Crippen LogP contribution in [0.25, 0.3) is 0 Å². The third-order valence-corrected chi connectivity index (χ3v) is 0.635. The summed E-state index contributed by atoms with van der Waals surface area (Å²) in [6.07, 6.45) is -0.641. The van der Waals surface area contributed by atoms with Gasteiger partial charge in [0.2, 0.25) is 6.33 Å². The van der Waals surface area contributed by atoms with Gasteiger partial charge in [-0.1, -0.05) is 0 Å². The summed E-state index contributed by atoms with van der Waals surface area (Å²) in [5.74, 6) is 0.